The number of nitrogens with zero attached hydrogens (tertiary/aromatic N) is 1. The monoisotopic (exact) mass is 366 g/mol. The van der Waals surface area contributed by atoms with Crippen molar-refractivity contribution in [1.82, 2.24) is 5.32 Å². The first-order valence-electron chi connectivity index (χ1n) is 9.25. The molecule has 2 N–H and O–H groups in total. The molecule has 0 spiro atoms. The lowest BCUT2D eigenvalue weighted by molar-refractivity contribution is -0.117. The van der Waals surface area contributed by atoms with Crippen LogP contribution in [-0.2, 0) is 9.53 Å². The van der Waals surface area contributed by atoms with E-state index in [-0.39, 0.29) is 12.5 Å². The molecule has 1 amide bonds. The van der Waals surface area contributed by atoms with Crippen LogP contribution < -0.4 is 10.2 Å². The van der Waals surface area contributed by atoms with Gasteiger partial charge in [0.2, 0.25) is 5.91 Å². The van der Waals surface area contributed by atoms with Gasteiger partial charge in [-0.05, 0) is 41.8 Å². The molecule has 1 aliphatic rings. The van der Waals surface area contributed by atoms with Gasteiger partial charge in [-0.3, -0.25) is 4.79 Å². The van der Waals surface area contributed by atoms with Crippen LogP contribution in [0, 0.1) is 6.92 Å². The highest BCUT2D eigenvalue weighted by Gasteiger charge is 2.16. The van der Waals surface area contributed by atoms with E-state index in [0.717, 1.165) is 35.5 Å². The van der Waals surface area contributed by atoms with E-state index in [9.17, 15) is 9.90 Å². The first-order valence-corrected chi connectivity index (χ1v) is 9.25. The SMILES string of the molecule is Cc1ccccc1/C=C/C(=O)NC(CO)c1cccc(N2CCOCC2)c1. The molecule has 27 heavy (non-hydrogen) atoms. The lowest BCUT2D eigenvalue weighted by atomic mass is 10.1. The number of morpholine rings is 1. The number of anilines is 1. The Morgan fingerprint density at radius 2 is 2.00 bits per heavy atom. The van der Waals surface area contributed by atoms with Crippen LogP contribution in [0.15, 0.2) is 54.6 Å². The predicted molar refractivity (Wildman–Crippen MR) is 108 cm³/mol. The highest BCUT2D eigenvalue weighted by atomic mass is 16.5. The smallest absolute Gasteiger partial charge is 0.244 e. The molecule has 1 heterocycles. The molecule has 0 saturated carbocycles. The Hall–Kier alpha value is -2.63. The molecule has 5 heteroatoms. The van der Waals surface area contributed by atoms with Gasteiger partial charge in [0.05, 0.1) is 25.9 Å². The third-order valence-corrected chi connectivity index (χ3v) is 4.75. The van der Waals surface area contributed by atoms with Gasteiger partial charge in [-0.2, -0.15) is 0 Å². The van der Waals surface area contributed by atoms with E-state index < -0.39 is 6.04 Å². The number of ether oxygens (including phenoxy) is 1. The highest BCUT2D eigenvalue weighted by molar-refractivity contribution is 5.92. The van der Waals surface area contributed by atoms with Crippen LogP contribution in [0.4, 0.5) is 5.69 Å². The molecule has 3 rings (SSSR count). The quantitative estimate of drug-likeness (QED) is 0.772. The van der Waals surface area contributed by atoms with Crippen LogP contribution in [0.25, 0.3) is 6.08 Å². The number of aliphatic hydroxyl groups excluding tert-OH is 1. The number of hydrogen-bond donors (Lipinski definition) is 2. The summed E-state index contributed by atoms with van der Waals surface area (Å²) >= 11 is 0. The average Bonchev–Trinajstić information content (AvgIpc) is 2.72. The van der Waals surface area contributed by atoms with E-state index in [1.807, 2.05) is 55.5 Å². The molecule has 1 atom stereocenters. The van der Waals surface area contributed by atoms with E-state index in [0.29, 0.717) is 13.2 Å². The van der Waals surface area contributed by atoms with Crippen molar-refractivity contribution in [1.29, 1.82) is 0 Å². The zero-order chi connectivity index (χ0) is 19.1. The number of amides is 1. The highest BCUT2D eigenvalue weighted by Crippen LogP contribution is 2.22. The molecule has 1 fully saturated rings. The second kappa shape index (κ2) is 9.35. The summed E-state index contributed by atoms with van der Waals surface area (Å²) < 4.78 is 5.40. The van der Waals surface area contributed by atoms with Crippen molar-refractivity contribution in [2.24, 2.45) is 0 Å². The Morgan fingerprint density at radius 1 is 1.22 bits per heavy atom. The molecule has 1 saturated heterocycles. The number of hydrogen-bond acceptors (Lipinski definition) is 4. The summed E-state index contributed by atoms with van der Waals surface area (Å²) in [5, 5.41) is 12.7. The molecule has 0 bridgehead atoms. The minimum absolute atomic E-state index is 0.156. The number of carbonyl (C=O) groups excluding carboxylic acids is 1. The predicted octanol–water partition coefficient (Wildman–Crippen LogP) is 2.69. The first-order chi connectivity index (χ1) is 13.2. The Balaban J connectivity index is 1.67. The lowest BCUT2D eigenvalue weighted by Crippen LogP contribution is -2.36. The zero-order valence-electron chi connectivity index (χ0n) is 15.6. The van der Waals surface area contributed by atoms with Gasteiger partial charge in [-0.15, -0.1) is 0 Å². The zero-order valence-corrected chi connectivity index (χ0v) is 15.6. The Morgan fingerprint density at radius 3 is 2.74 bits per heavy atom. The number of nitrogens with one attached hydrogen (secondary N) is 1. The maximum Gasteiger partial charge on any atom is 0.244 e. The van der Waals surface area contributed by atoms with Crippen LogP contribution in [0.3, 0.4) is 0 Å². The lowest BCUT2D eigenvalue weighted by Gasteiger charge is -2.29. The van der Waals surface area contributed by atoms with Crippen molar-refractivity contribution >= 4 is 17.7 Å². The van der Waals surface area contributed by atoms with Crippen molar-refractivity contribution in [3.05, 3.63) is 71.3 Å². The standard InChI is InChI=1S/C22H26N2O3/c1-17-5-2-3-6-18(17)9-10-22(26)23-21(16-25)19-7-4-8-20(15-19)24-11-13-27-14-12-24/h2-10,15,21,25H,11-14,16H2,1H3,(H,23,26)/b10-9+. The van der Waals surface area contributed by atoms with Gasteiger partial charge < -0.3 is 20.1 Å². The van der Waals surface area contributed by atoms with E-state index in [4.69, 9.17) is 4.74 Å². The molecule has 0 aliphatic carbocycles. The maximum absolute atomic E-state index is 12.3. The van der Waals surface area contributed by atoms with Crippen LogP contribution in [-0.4, -0.2) is 43.9 Å². The molecule has 5 nitrogen and oxygen atoms in total. The molecule has 2 aromatic rings. The molecular formula is C22H26N2O3. The van der Waals surface area contributed by atoms with E-state index in [2.05, 4.69) is 10.2 Å². The summed E-state index contributed by atoms with van der Waals surface area (Å²) in [6.45, 7) is 4.97. The number of benzene rings is 2. The molecule has 1 aliphatic heterocycles. The van der Waals surface area contributed by atoms with Crippen molar-refractivity contribution in [3.8, 4) is 0 Å². The third-order valence-electron chi connectivity index (χ3n) is 4.75. The van der Waals surface area contributed by atoms with Crippen LogP contribution in [0.2, 0.25) is 0 Å². The normalized spacial score (nSPS) is 15.7. The van der Waals surface area contributed by atoms with Gasteiger partial charge in [0, 0.05) is 24.9 Å². The van der Waals surface area contributed by atoms with Gasteiger partial charge in [0.15, 0.2) is 0 Å². The average molecular weight is 366 g/mol. The fraction of sp³-hybridized carbons (Fsp3) is 0.318. The van der Waals surface area contributed by atoms with Gasteiger partial charge in [-0.1, -0.05) is 36.4 Å². The van der Waals surface area contributed by atoms with Crippen LogP contribution in [0.1, 0.15) is 22.7 Å². The van der Waals surface area contributed by atoms with Gasteiger partial charge in [-0.25, -0.2) is 0 Å². The number of carbonyl (C=O) groups is 1. The first kappa shape index (κ1) is 19.1. The van der Waals surface area contributed by atoms with Gasteiger partial charge >= 0.3 is 0 Å². The van der Waals surface area contributed by atoms with Crippen molar-refractivity contribution in [3.63, 3.8) is 0 Å². The largest absolute Gasteiger partial charge is 0.394 e. The van der Waals surface area contributed by atoms with Crippen molar-refractivity contribution in [2.45, 2.75) is 13.0 Å². The number of aliphatic hydroxyl groups is 1. The molecule has 0 radical (unpaired) electrons. The second-order valence-electron chi connectivity index (χ2n) is 6.63. The summed E-state index contributed by atoms with van der Waals surface area (Å²) in [6, 6.07) is 15.4. The molecule has 1 unspecified atom stereocenters. The Kier molecular flexibility index (Phi) is 6.63. The van der Waals surface area contributed by atoms with Crippen LogP contribution in [0.5, 0.6) is 0 Å². The third kappa shape index (κ3) is 5.18. The van der Waals surface area contributed by atoms with Crippen molar-refractivity contribution in [2.75, 3.05) is 37.8 Å². The minimum Gasteiger partial charge on any atom is -0.394 e. The maximum atomic E-state index is 12.3. The fourth-order valence-corrected chi connectivity index (χ4v) is 3.15. The molecule has 142 valence electrons. The summed E-state index contributed by atoms with van der Waals surface area (Å²) in [5.74, 6) is -0.228. The summed E-state index contributed by atoms with van der Waals surface area (Å²) in [7, 11) is 0. The van der Waals surface area contributed by atoms with E-state index in [1.54, 1.807) is 6.08 Å². The van der Waals surface area contributed by atoms with Gasteiger partial charge in [0.1, 0.15) is 0 Å². The number of rotatable bonds is 6. The summed E-state index contributed by atoms with van der Waals surface area (Å²) in [6.07, 6.45) is 3.31. The van der Waals surface area contributed by atoms with Gasteiger partial charge in [0.25, 0.3) is 0 Å². The van der Waals surface area contributed by atoms with Crippen LogP contribution >= 0.6 is 0 Å². The fourth-order valence-electron chi connectivity index (χ4n) is 3.15. The Labute approximate surface area is 160 Å². The second-order valence-corrected chi connectivity index (χ2v) is 6.63. The van der Waals surface area contributed by atoms with Crippen molar-refractivity contribution < 1.29 is 14.6 Å². The molecular weight excluding hydrogens is 340 g/mol. The van der Waals surface area contributed by atoms with E-state index >= 15 is 0 Å². The molecule has 0 aromatic heterocycles. The Bertz CT molecular complexity index is 798. The minimum atomic E-state index is -0.444. The summed E-state index contributed by atoms with van der Waals surface area (Å²) in [5.41, 5.74) is 4.08. The number of aryl methyl sites for hydroxylation is 1. The van der Waals surface area contributed by atoms with E-state index in [1.165, 1.54) is 6.08 Å². The topological polar surface area (TPSA) is 61.8 Å². The summed E-state index contributed by atoms with van der Waals surface area (Å²) in [4.78, 5) is 14.6. The molecule has 2 aromatic carbocycles.